The zero-order chi connectivity index (χ0) is 13.0. The summed E-state index contributed by atoms with van der Waals surface area (Å²) in [6.07, 6.45) is 3.67. The van der Waals surface area contributed by atoms with Crippen LogP contribution in [0.3, 0.4) is 0 Å². The molecule has 1 saturated heterocycles. The van der Waals surface area contributed by atoms with E-state index in [4.69, 9.17) is 0 Å². The van der Waals surface area contributed by atoms with Gasteiger partial charge in [0.05, 0.1) is 5.56 Å². The summed E-state index contributed by atoms with van der Waals surface area (Å²) in [5.74, 6) is 0.0375. The standard InChI is InChI=1S/C14H19IN2O/c1-10-5-4-7-12(13(10)15)14(18)17-9-11-6-2-3-8-16-11/h4-5,7,11,16H,2-3,6,8-9H2,1H3,(H,17,18). The molecule has 1 aliphatic rings. The van der Waals surface area contributed by atoms with Crippen LogP contribution in [-0.2, 0) is 0 Å². The van der Waals surface area contributed by atoms with Gasteiger partial charge < -0.3 is 10.6 Å². The Labute approximate surface area is 122 Å². The Balaban J connectivity index is 1.93. The molecular weight excluding hydrogens is 339 g/mol. The van der Waals surface area contributed by atoms with Crippen molar-refractivity contribution < 1.29 is 4.79 Å². The highest BCUT2D eigenvalue weighted by molar-refractivity contribution is 14.1. The third-order valence-electron chi connectivity index (χ3n) is 3.36. The fraction of sp³-hybridized carbons (Fsp3) is 0.500. The lowest BCUT2D eigenvalue weighted by Crippen LogP contribution is -2.43. The number of rotatable bonds is 3. The molecule has 1 aromatic rings. The van der Waals surface area contributed by atoms with Gasteiger partial charge in [0.1, 0.15) is 0 Å². The minimum atomic E-state index is 0.0375. The highest BCUT2D eigenvalue weighted by atomic mass is 127. The fourth-order valence-corrected chi connectivity index (χ4v) is 2.84. The number of hydrogen-bond acceptors (Lipinski definition) is 2. The van der Waals surface area contributed by atoms with E-state index in [2.05, 4.69) is 33.2 Å². The van der Waals surface area contributed by atoms with Crippen LogP contribution in [0, 0.1) is 10.5 Å². The largest absolute Gasteiger partial charge is 0.350 e. The van der Waals surface area contributed by atoms with Crippen LogP contribution in [-0.4, -0.2) is 25.0 Å². The van der Waals surface area contributed by atoms with E-state index >= 15 is 0 Å². The van der Waals surface area contributed by atoms with Crippen molar-refractivity contribution in [2.75, 3.05) is 13.1 Å². The monoisotopic (exact) mass is 358 g/mol. The second-order valence-electron chi connectivity index (χ2n) is 4.79. The molecule has 1 aliphatic heterocycles. The maximum atomic E-state index is 12.1. The Hall–Kier alpha value is -0.620. The van der Waals surface area contributed by atoms with Gasteiger partial charge in [-0.15, -0.1) is 0 Å². The second-order valence-corrected chi connectivity index (χ2v) is 5.87. The normalized spacial score (nSPS) is 19.6. The van der Waals surface area contributed by atoms with E-state index in [1.807, 2.05) is 25.1 Å². The molecule has 4 heteroatoms. The van der Waals surface area contributed by atoms with Crippen molar-refractivity contribution in [1.29, 1.82) is 0 Å². The van der Waals surface area contributed by atoms with Crippen LogP contribution in [0.4, 0.5) is 0 Å². The summed E-state index contributed by atoms with van der Waals surface area (Å²) >= 11 is 2.24. The summed E-state index contributed by atoms with van der Waals surface area (Å²) in [6, 6.07) is 6.29. The lowest BCUT2D eigenvalue weighted by Gasteiger charge is -2.23. The summed E-state index contributed by atoms with van der Waals surface area (Å²) in [7, 11) is 0. The lowest BCUT2D eigenvalue weighted by atomic mass is 10.0. The fourth-order valence-electron chi connectivity index (χ4n) is 2.23. The summed E-state index contributed by atoms with van der Waals surface area (Å²) in [6.45, 7) is 3.83. The third-order valence-corrected chi connectivity index (χ3v) is 4.79. The number of halogens is 1. The van der Waals surface area contributed by atoms with Gasteiger partial charge in [0.2, 0.25) is 0 Å². The maximum absolute atomic E-state index is 12.1. The second kappa shape index (κ2) is 6.52. The van der Waals surface area contributed by atoms with Gasteiger partial charge in [-0.3, -0.25) is 4.79 Å². The van der Waals surface area contributed by atoms with E-state index in [-0.39, 0.29) is 5.91 Å². The molecule has 1 amide bonds. The molecule has 18 heavy (non-hydrogen) atoms. The first-order valence-electron chi connectivity index (χ1n) is 6.45. The van der Waals surface area contributed by atoms with Gasteiger partial charge in [-0.2, -0.15) is 0 Å². The van der Waals surface area contributed by atoms with Crippen LogP contribution in [0.5, 0.6) is 0 Å². The van der Waals surface area contributed by atoms with Gasteiger partial charge in [0.25, 0.3) is 5.91 Å². The molecule has 0 spiro atoms. The van der Waals surface area contributed by atoms with Crippen LogP contribution in [0.1, 0.15) is 35.2 Å². The van der Waals surface area contributed by atoms with Crippen LogP contribution >= 0.6 is 22.6 Å². The molecule has 0 radical (unpaired) electrons. The molecule has 1 aromatic carbocycles. The average Bonchev–Trinajstić information content (AvgIpc) is 2.40. The lowest BCUT2D eigenvalue weighted by molar-refractivity contribution is 0.0947. The first-order chi connectivity index (χ1) is 8.68. The predicted octanol–water partition coefficient (Wildman–Crippen LogP) is 2.47. The Morgan fingerprint density at radius 3 is 3.06 bits per heavy atom. The molecule has 2 rings (SSSR count). The molecule has 2 N–H and O–H groups in total. The number of carbonyl (C=O) groups is 1. The molecular formula is C14H19IN2O. The van der Waals surface area contributed by atoms with E-state index in [0.717, 1.165) is 34.2 Å². The summed E-state index contributed by atoms with van der Waals surface area (Å²) in [5.41, 5.74) is 1.94. The van der Waals surface area contributed by atoms with Crippen molar-refractivity contribution >= 4 is 28.5 Å². The number of nitrogens with one attached hydrogen (secondary N) is 2. The van der Waals surface area contributed by atoms with Gasteiger partial charge in [-0.25, -0.2) is 0 Å². The Morgan fingerprint density at radius 1 is 1.50 bits per heavy atom. The predicted molar refractivity (Wildman–Crippen MR) is 81.9 cm³/mol. The van der Waals surface area contributed by atoms with E-state index < -0.39 is 0 Å². The molecule has 1 heterocycles. The topological polar surface area (TPSA) is 41.1 Å². The van der Waals surface area contributed by atoms with Crippen LogP contribution in [0.2, 0.25) is 0 Å². The van der Waals surface area contributed by atoms with E-state index in [1.54, 1.807) is 0 Å². The van der Waals surface area contributed by atoms with Gasteiger partial charge in [-0.1, -0.05) is 18.6 Å². The third kappa shape index (κ3) is 3.45. The number of hydrogen-bond donors (Lipinski definition) is 2. The molecule has 0 aromatic heterocycles. The number of carbonyl (C=O) groups excluding carboxylic acids is 1. The van der Waals surface area contributed by atoms with Crippen molar-refractivity contribution in [3.05, 3.63) is 32.9 Å². The van der Waals surface area contributed by atoms with Crippen molar-refractivity contribution in [3.8, 4) is 0 Å². The minimum Gasteiger partial charge on any atom is -0.350 e. The molecule has 1 atom stereocenters. The summed E-state index contributed by atoms with van der Waals surface area (Å²) in [4.78, 5) is 12.1. The molecule has 1 fully saturated rings. The quantitative estimate of drug-likeness (QED) is 0.816. The number of aryl methyl sites for hydroxylation is 1. The average molecular weight is 358 g/mol. The molecule has 0 aliphatic carbocycles. The van der Waals surface area contributed by atoms with E-state index in [1.165, 1.54) is 12.8 Å². The Kier molecular flexibility index (Phi) is 5.00. The van der Waals surface area contributed by atoms with Crippen molar-refractivity contribution in [3.63, 3.8) is 0 Å². The first kappa shape index (κ1) is 13.8. The molecule has 3 nitrogen and oxygen atoms in total. The van der Waals surface area contributed by atoms with Crippen molar-refractivity contribution in [1.82, 2.24) is 10.6 Å². The highest BCUT2D eigenvalue weighted by Crippen LogP contribution is 2.16. The van der Waals surface area contributed by atoms with Gasteiger partial charge in [0.15, 0.2) is 0 Å². The SMILES string of the molecule is Cc1cccc(C(=O)NCC2CCCCN2)c1I. The van der Waals surface area contributed by atoms with Gasteiger partial charge in [-0.05, 0) is 60.5 Å². The van der Waals surface area contributed by atoms with Crippen molar-refractivity contribution in [2.45, 2.75) is 32.2 Å². The van der Waals surface area contributed by atoms with Gasteiger partial charge >= 0.3 is 0 Å². The van der Waals surface area contributed by atoms with E-state index in [0.29, 0.717) is 6.04 Å². The molecule has 1 unspecified atom stereocenters. The maximum Gasteiger partial charge on any atom is 0.252 e. The van der Waals surface area contributed by atoms with E-state index in [9.17, 15) is 4.79 Å². The summed E-state index contributed by atoms with van der Waals surface area (Å²) in [5, 5.41) is 6.47. The van der Waals surface area contributed by atoms with Crippen LogP contribution < -0.4 is 10.6 Å². The first-order valence-corrected chi connectivity index (χ1v) is 7.53. The minimum absolute atomic E-state index is 0.0375. The number of benzene rings is 1. The number of amides is 1. The zero-order valence-electron chi connectivity index (χ0n) is 10.6. The Bertz CT molecular complexity index is 428. The van der Waals surface area contributed by atoms with Crippen molar-refractivity contribution in [2.24, 2.45) is 0 Å². The van der Waals surface area contributed by atoms with Gasteiger partial charge in [0, 0.05) is 16.2 Å². The molecule has 0 bridgehead atoms. The molecule has 0 saturated carbocycles. The number of piperidine rings is 1. The van der Waals surface area contributed by atoms with Crippen LogP contribution in [0.15, 0.2) is 18.2 Å². The smallest absolute Gasteiger partial charge is 0.252 e. The Morgan fingerprint density at radius 2 is 2.33 bits per heavy atom. The summed E-state index contributed by atoms with van der Waals surface area (Å²) < 4.78 is 1.05. The highest BCUT2D eigenvalue weighted by Gasteiger charge is 2.15. The zero-order valence-corrected chi connectivity index (χ0v) is 12.8. The van der Waals surface area contributed by atoms with Crippen LogP contribution in [0.25, 0.3) is 0 Å². The molecule has 98 valence electrons.